The summed E-state index contributed by atoms with van der Waals surface area (Å²) in [6.07, 6.45) is 2.48. The Bertz CT molecular complexity index is 578. The maximum Gasteiger partial charge on any atom is 0.146 e. The number of nitrogens with zero attached hydrogens (tertiary/aromatic N) is 1. The smallest absolute Gasteiger partial charge is 0.146 e. The highest BCUT2D eigenvalue weighted by molar-refractivity contribution is 5.36. The average molecular weight is 265 g/mol. The van der Waals surface area contributed by atoms with Crippen LogP contribution in [0, 0.1) is 11.6 Å². The zero-order valence-electron chi connectivity index (χ0n) is 10.2. The van der Waals surface area contributed by atoms with Gasteiger partial charge in [-0.2, -0.15) is 0 Å². The van der Waals surface area contributed by atoms with E-state index in [1.54, 1.807) is 6.07 Å². The van der Waals surface area contributed by atoms with E-state index in [0.717, 1.165) is 6.20 Å². The van der Waals surface area contributed by atoms with Crippen LogP contribution < -0.4 is 16.0 Å². The summed E-state index contributed by atoms with van der Waals surface area (Å²) >= 11 is 0. The molecule has 0 saturated carbocycles. The molecule has 0 bridgehead atoms. The van der Waals surface area contributed by atoms with Gasteiger partial charge in [-0.25, -0.2) is 14.2 Å². The first kappa shape index (κ1) is 13.4. The van der Waals surface area contributed by atoms with Crippen LogP contribution >= 0.6 is 0 Å². The van der Waals surface area contributed by atoms with Gasteiger partial charge >= 0.3 is 0 Å². The van der Waals surface area contributed by atoms with E-state index in [-0.39, 0.29) is 11.1 Å². The molecule has 0 fully saturated rings. The lowest BCUT2D eigenvalue weighted by Crippen LogP contribution is -2.30. The van der Waals surface area contributed by atoms with Crippen molar-refractivity contribution in [3.8, 4) is 5.75 Å². The standard InChI is InChI=1S/C13H13F2N3O/c1-19-8-2-3-9(11(14)6-8)13(18-16)10-4-5-17-7-12(10)15/h2-7,13,18H,16H2,1H3. The number of pyridine rings is 1. The van der Waals surface area contributed by atoms with Crippen LogP contribution in [-0.4, -0.2) is 12.1 Å². The second-order valence-electron chi connectivity index (χ2n) is 3.88. The lowest BCUT2D eigenvalue weighted by atomic mass is 9.99. The Labute approximate surface area is 109 Å². The molecule has 1 aromatic carbocycles. The molecular formula is C13H13F2N3O. The molecule has 1 aromatic heterocycles. The Kier molecular flexibility index (Phi) is 4.03. The summed E-state index contributed by atoms with van der Waals surface area (Å²) in [6, 6.07) is 4.96. The summed E-state index contributed by atoms with van der Waals surface area (Å²) in [5, 5.41) is 0. The SMILES string of the molecule is COc1ccc(C(NN)c2ccncc2F)c(F)c1. The fraction of sp³-hybridized carbons (Fsp3) is 0.154. The maximum atomic E-state index is 14.0. The topological polar surface area (TPSA) is 60.2 Å². The van der Waals surface area contributed by atoms with Gasteiger partial charge in [0.15, 0.2) is 0 Å². The normalized spacial score (nSPS) is 12.2. The van der Waals surface area contributed by atoms with E-state index in [4.69, 9.17) is 10.6 Å². The van der Waals surface area contributed by atoms with Gasteiger partial charge in [-0.15, -0.1) is 0 Å². The van der Waals surface area contributed by atoms with Crippen molar-refractivity contribution >= 4 is 0 Å². The van der Waals surface area contributed by atoms with Crippen LogP contribution in [0.1, 0.15) is 17.2 Å². The van der Waals surface area contributed by atoms with Gasteiger partial charge in [-0.05, 0) is 12.1 Å². The van der Waals surface area contributed by atoms with Crippen LogP contribution in [0.25, 0.3) is 0 Å². The zero-order chi connectivity index (χ0) is 13.8. The molecule has 0 amide bonds. The number of hydrogen-bond acceptors (Lipinski definition) is 4. The van der Waals surface area contributed by atoms with Crippen LogP contribution in [0.3, 0.4) is 0 Å². The van der Waals surface area contributed by atoms with Crippen LogP contribution in [0.5, 0.6) is 5.75 Å². The van der Waals surface area contributed by atoms with E-state index in [0.29, 0.717) is 5.75 Å². The molecule has 2 aromatic rings. The Morgan fingerprint density at radius 2 is 1.95 bits per heavy atom. The number of hydrazine groups is 1. The van der Waals surface area contributed by atoms with Crippen molar-refractivity contribution in [3.63, 3.8) is 0 Å². The van der Waals surface area contributed by atoms with Gasteiger partial charge in [-0.1, -0.05) is 6.07 Å². The first-order valence-electron chi connectivity index (χ1n) is 5.56. The quantitative estimate of drug-likeness (QED) is 0.655. The Balaban J connectivity index is 2.46. The Morgan fingerprint density at radius 3 is 2.53 bits per heavy atom. The van der Waals surface area contributed by atoms with Gasteiger partial charge in [0.2, 0.25) is 0 Å². The average Bonchev–Trinajstić information content (AvgIpc) is 2.43. The lowest BCUT2D eigenvalue weighted by molar-refractivity contribution is 0.410. The number of nitrogens with two attached hydrogens (primary N) is 1. The van der Waals surface area contributed by atoms with E-state index in [2.05, 4.69) is 10.4 Å². The first-order chi connectivity index (χ1) is 9.17. The fourth-order valence-corrected chi connectivity index (χ4v) is 1.84. The van der Waals surface area contributed by atoms with Crippen LogP contribution in [0.4, 0.5) is 8.78 Å². The lowest BCUT2D eigenvalue weighted by Gasteiger charge is -2.18. The maximum absolute atomic E-state index is 14.0. The molecule has 100 valence electrons. The number of halogens is 2. The second-order valence-corrected chi connectivity index (χ2v) is 3.88. The third kappa shape index (κ3) is 2.69. The molecule has 0 spiro atoms. The molecule has 0 aliphatic heterocycles. The van der Waals surface area contributed by atoms with Crippen molar-refractivity contribution in [3.05, 3.63) is 59.4 Å². The first-order valence-corrected chi connectivity index (χ1v) is 5.56. The van der Waals surface area contributed by atoms with Crippen molar-refractivity contribution in [1.29, 1.82) is 0 Å². The summed E-state index contributed by atoms with van der Waals surface area (Å²) in [4.78, 5) is 3.65. The summed E-state index contributed by atoms with van der Waals surface area (Å²) in [5.74, 6) is 4.71. The van der Waals surface area contributed by atoms with Crippen molar-refractivity contribution in [2.24, 2.45) is 5.84 Å². The van der Waals surface area contributed by atoms with Crippen LogP contribution in [0.2, 0.25) is 0 Å². The van der Waals surface area contributed by atoms with Crippen molar-refractivity contribution in [2.45, 2.75) is 6.04 Å². The highest BCUT2D eigenvalue weighted by atomic mass is 19.1. The minimum Gasteiger partial charge on any atom is -0.497 e. The minimum atomic E-state index is -0.797. The number of aromatic nitrogens is 1. The summed E-state index contributed by atoms with van der Waals surface area (Å²) in [6.45, 7) is 0. The monoisotopic (exact) mass is 265 g/mol. The minimum absolute atomic E-state index is 0.224. The number of benzene rings is 1. The molecule has 2 rings (SSSR count). The molecule has 1 unspecified atom stereocenters. The zero-order valence-corrected chi connectivity index (χ0v) is 10.2. The predicted octanol–water partition coefficient (Wildman–Crippen LogP) is 1.92. The largest absolute Gasteiger partial charge is 0.497 e. The molecule has 4 nitrogen and oxygen atoms in total. The molecule has 0 aliphatic rings. The third-order valence-corrected chi connectivity index (χ3v) is 2.80. The molecule has 0 radical (unpaired) electrons. The molecule has 1 heterocycles. The van der Waals surface area contributed by atoms with Crippen LogP contribution in [0.15, 0.2) is 36.7 Å². The molecule has 0 saturated heterocycles. The number of nitrogens with one attached hydrogen (secondary N) is 1. The van der Waals surface area contributed by atoms with Crippen molar-refractivity contribution in [2.75, 3.05) is 7.11 Å². The fourth-order valence-electron chi connectivity index (χ4n) is 1.84. The van der Waals surface area contributed by atoms with Crippen molar-refractivity contribution < 1.29 is 13.5 Å². The molecular weight excluding hydrogens is 252 g/mol. The second kappa shape index (κ2) is 5.73. The summed E-state index contributed by atoms with van der Waals surface area (Å²) in [5.41, 5.74) is 2.86. The van der Waals surface area contributed by atoms with Gasteiger partial charge in [0, 0.05) is 23.4 Å². The number of hydrogen-bond donors (Lipinski definition) is 2. The van der Waals surface area contributed by atoms with Crippen LogP contribution in [-0.2, 0) is 0 Å². The summed E-state index contributed by atoms with van der Waals surface area (Å²) in [7, 11) is 1.44. The van der Waals surface area contributed by atoms with Gasteiger partial charge < -0.3 is 4.74 Å². The van der Waals surface area contributed by atoms with Gasteiger partial charge in [0.25, 0.3) is 0 Å². The molecule has 0 aliphatic carbocycles. The van der Waals surface area contributed by atoms with E-state index in [9.17, 15) is 8.78 Å². The highest BCUT2D eigenvalue weighted by Gasteiger charge is 2.20. The Morgan fingerprint density at radius 1 is 1.21 bits per heavy atom. The van der Waals surface area contributed by atoms with Crippen molar-refractivity contribution in [1.82, 2.24) is 10.4 Å². The van der Waals surface area contributed by atoms with Gasteiger partial charge in [-0.3, -0.25) is 10.8 Å². The van der Waals surface area contributed by atoms with Gasteiger partial charge in [0.1, 0.15) is 17.4 Å². The Hall–Kier alpha value is -2.05. The van der Waals surface area contributed by atoms with E-state index >= 15 is 0 Å². The molecule has 6 heteroatoms. The van der Waals surface area contributed by atoms with Gasteiger partial charge in [0.05, 0.1) is 19.3 Å². The third-order valence-electron chi connectivity index (χ3n) is 2.80. The summed E-state index contributed by atoms with van der Waals surface area (Å²) < 4.78 is 32.6. The number of rotatable bonds is 4. The molecule has 19 heavy (non-hydrogen) atoms. The highest BCUT2D eigenvalue weighted by Crippen LogP contribution is 2.27. The predicted molar refractivity (Wildman–Crippen MR) is 66.3 cm³/mol. The number of ether oxygens (including phenoxy) is 1. The molecule has 3 N–H and O–H groups in total. The van der Waals surface area contributed by atoms with E-state index in [1.807, 2.05) is 0 Å². The molecule has 1 atom stereocenters. The number of methoxy groups -OCH3 is 1. The van der Waals surface area contributed by atoms with E-state index < -0.39 is 17.7 Å². The van der Waals surface area contributed by atoms with E-state index in [1.165, 1.54) is 31.5 Å².